The van der Waals surface area contributed by atoms with Crippen molar-refractivity contribution < 1.29 is 9.47 Å². The molecule has 0 fully saturated rings. The molecular weight excluding hydrogens is 1390 g/mol. The summed E-state index contributed by atoms with van der Waals surface area (Å²) in [6, 6.07) is 127. The van der Waals surface area contributed by atoms with E-state index in [2.05, 4.69) is 422 Å². The van der Waals surface area contributed by atoms with E-state index >= 15 is 0 Å². The molecular formula is C102H76B3N7O2. The maximum Gasteiger partial charge on any atom is 0.256 e. The second-order valence-electron chi connectivity index (χ2n) is 31.2. The minimum atomic E-state index is -0.365. The summed E-state index contributed by atoms with van der Waals surface area (Å²) in [5.74, 6) is 3.24. The molecule has 6 heterocycles. The number of nitrogens with zero attached hydrogens (tertiary/aromatic N) is 6. The van der Waals surface area contributed by atoms with Crippen LogP contribution in [0.1, 0.15) is 33.4 Å². The molecule has 6 aliphatic rings. The molecule has 9 nitrogen and oxygen atoms in total. The zero-order valence-electron chi connectivity index (χ0n) is 64.1. The molecule has 0 saturated heterocycles. The molecule has 540 valence electrons. The van der Waals surface area contributed by atoms with Crippen LogP contribution in [-0.2, 0) is 0 Å². The van der Waals surface area contributed by atoms with Gasteiger partial charge < -0.3 is 44.2 Å². The van der Waals surface area contributed by atoms with Gasteiger partial charge >= 0.3 is 0 Å². The number of hydrogen-bond acceptors (Lipinski definition) is 9. The number of benzene rings is 16. The normalized spacial score (nSPS) is 13.1. The second-order valence-corrected chi connectivity index (χ2v) is 31.2. The van der Waals surface area contributed by atoms with Gasteiger partial charge in [-0.1, -0.05) is 211 Å². The number of rotatable bonds is 12. The lowest BCUT2D eigenvalue weighted by Crippen LogP contribution is -2.65. The standard InChI is InChI=1S/C102H76B3N7O2/c1-64-50-66(3)101(67(4)51-64)111-89-62-86-82(103-80-46-28-30-48-88(80)110(76-44-26-13-27-45-76)91-55-77(54-87(106-86)98(91)103)107(70-32-14-7-15-33-70)71-34-16-8-17-35-71)60-83(89)105-85-61-84-90(63-95(85)114-97-59-79(57-93(111)100(97)105)109(74-40-22-11-23-41-74)75-42-24-12-25-43-75)112(102-68(5)52-65(2)53-69(102)6)92-56-78(58-96-99(92)104(84)81-47-29-31-49-94(81)113-96)108(72-36-18-9-19-37-72)73-38-20-10-21-39-73/h7-63,106H,1-6H3. The molecule has 0 atom stereocenters. The van der Waals surface area contributed by atoms with Gasteiger partial charge in [-0.2, -0.15) is 0 Å². The third-order valence-corrected chi connectivity index (χ3v) is 24.0. The Morgan fingerprint density at radius 3 is 1.06 bits per heavy atom. The van der Waals surface area contributed by atoms with Gasteiger partial charge in [0.2, 0.25) is 0 Å². The largest absolute Gasteiger partial charge is 0.458 e. The molecule has 0 bridgehead atoms. The van der Waals surface area contributed by atoms with Crippen LogP contribution in [0.25, 0.3) is 0 Å². The summed E-state index contributed by atoms with van der Waals surface area (Å²) in [7, 11) is 0. The van der Waals surface area contributed by atoms with Crippen molar-refractivity contribution in [1.82, 2.24) is 0 Å². The van der Waals surface area contributed by atoms with Gasteiger partial charge in [0.15, 0.2) is 0 Å². The van der Waals surface area contributed by atoms with Crippen LogP contribution in [0.3, 0.4) is 0 Å². The number of para-hydroxylation sites is 9. The van der Waals surface area contributed by atoms with E-state index in [1.54, 1.807) is 0 Å². The van der Waals surface area contributed by atoms with E-state index in [0.717, 1.165) is 159 Å². The van der Waals surface area contributed by atoms with Crippen LogP contribution < -0.4 is 93.4 Å². The first-order valence-corrected chi connectivity index (χ1v) is 39.6. The van der Waals surface area contributed by atoms with Gasteiger partial charge in [0.1, 0.15) is 23.0 Å². The van der Waals surface area contributed by atoms with Crippen molar-refractivity contribution in [2.45, 2.75) is 41.5 Å². The number of nitrogens with one attached hydrogen (secondary N) is 1. The Labute approximate surface area is 666 Å². The van der Waals surface area contributed by atoms with E-state index in [-0.39, 0.29) is 20.1 Å². The molecule has 22 rings (SSSR count). The Morgan fingerprint density at radius 1 is 0.237 bits per heavy atom. The summed E-state index contributed by atoms with van der Waals surface area (Å²) in [5, 5.41) is 4.33. The highest BCUT2D eigenvalue weighted by molar-refractivity contribution is 7.04. The Kier molecular flexibility index (Phi) is 15.4. The summed E-state index contributed by atoms with van der Waals surface area (Å²) >= 11 is 0. The van der Waals surface area contributed by atoms with Crippen molar-refractivity contribution in [3.05, 3.63) is 379 Å². The summed E-state index contributed by atoms with van der Waals surface area (Å²) in [6.07, 6.45) is 0. The molecule has 0 saturated carbocycles. The van der Waals surface area contributed by atoms with E-state index in [9.17, 15) is 0 Å². The Bertz CT molecular complexity index is 6430. The van der Waals surface area contributed by atoms with Crippen molar-refractivity contribution in [1.29, 1.82) is 0 Å². The van der Waals surface area contributed by atoms with Crippen LogP contribution in [-0.4, -0.2) is 20.1 Å². The first-order chi connectivity index (χ1) is 56.0. The zero-order chi connectivity index (χ0) is 76.1. The minimum Gasteiger partial charge on any atom is -0.458 e. The van der Waals surface area contributed by atoms with Crippen LogP contribution in [0.2, 0.25) is 0 Å². The maximum atomic E-state index is 8.12. The predicted molar refractivity (Wildman–Crippen MR) is 480 cm³/mol. The topological polar surface area (TPSA) is 49.9 Å². The smallest absolute Gasteiger partial charge is 0.256 e. The zero-order valence-corrected chi connectivity index (χ0v) is 64.1. The first-order valence-electron chi connectivity index (χ1n) is 39.6. The third kappa shape index (κ3) is 10.5. The fourth-order valence-corrected chi connectivity index (χ4v) is 19.8. The van der Waals surface area contributed by atoms with Crippen LogP contribution in [0, 0.1) is 41.5 Å². The highest BCUT2D eigenvalue weighted by atomic mass is 16.5. The van der Waals surface area contributed by atoms with Gasteiger partial charge in [-0.3, -0.25) is 0 Å². The number of hydrogen-bond donors (Lipinski definition) is 1. The van der Waals surface area contributed by atoms with E-state index in [0.29, 0.717) is 0 Å². The SMILES string of the molecule is Cc1cc(C)c(N2c3cc4c(cc3B3c5cc6c(cc5Oc5cc(N(c7ccccc7)c7ccccc7)cc2c53)N(c2c(C)cc(C)cc2C)c2cc(N(c3ccccc3)c3ccccc3)cc3c2B6c2ccccc2O3)B2c3ccccc3N(c3ccccc3)c3cc(N(c5ccccc5)c5ccccc5)cc(c32)N4)c(C)c1. The molecule has 16 aromatic rings. The average molecular weight is 1460 g/mol. The number of fused-ring (bicyclic) bond motifs is 12. The summed E-state index contributed by atoms with van der Waals surface area (Å²) in [5.41, 5.74) is 38.7. The van der Waals surface area contributed by atoms with E-state index in [4.69, 9.17) is 9.47 Å². The highest BCUT2D eigenvalue weighted by Crippen LogP contribution is 2.53. The van der Waals surface area contributed by atoms with Crippen molar-refractivity contribution >= 4 is 183 Å². The van der Waals surface area contributed by atoms with Crippen LogP contribution in [0.4, 0.5) is 114 Å². The van der Waals surface area contributed by atoms with Gasteiger partial charge in [-0.05, 0) is 240 Å². The molecule has 12 heteroatoms. The monoisotopic (exact) mass is 1460 g/mol. The van der Waals surface area contributed by atoms with Crippen molar-refractivity contribution in [2.75, 3.05) is 34.7 Å². The van der Waals surface area contributed by atoms with Gasteiger partial charge in [0.25, 0.3) is 20.1 Å². The molecule has 1 N–H and O–H groups in total. The molecule has 0 spiro atoms. The second kappa shape index (κ2) is 26.3. The average Bonchev–Trinajstić information content (AvgIpc) is 0.687. The van der Waals surface area contributed by atoms with Gasteiger partial charge in [-0.15, -0.1) is 0 Å². The summed E-state index contributed by atoms with van der Waals surface area (Å²) in [6.45, 7) is 12.7. The summed E-state index contributed by atoms with van der Waals surface area (Å²) < 4.78 is 15.6. The molecule has 0 aliphatic carbocycles. The van der Waals surface area contributed by atoms with Gasteiger partial charge in [-0.25, -0.2) is 0 Å². The van der Waals surface area contributed by atoms with Crippen LogP contribution >= 0.6 is 0 Å². The molecule has 0 radical (unpaired) electrons. The van der Waals surface area contributed by atoms with Gasteiger partial charge in [0.05, 0.1) is 28.4 Å². The molecule has 0 aromatic heterocycles. The lowest BCUT2D eigenvalue weighted by atomic mass is 9.29. The molecule has 0 amide bonds. The summed E-state index contributed by atoms with van der Waals surface area (Å²) in [4.78, 5) is 14.8. The Morgan fingerprint density at radius 2 is 0.596 bits per heavy atom. The van der Waals surface area contributed by atoms with Crippen molar-refractivity contribution in [3.63, 3.8) is 0 Å². The molecule has 0 unspecified atom stereocenters. The fraction of sp³-hybridized carbons (Fsp3) is 0.0588. The van der Waals surface area contributed by atoms with E-state index < -0.39 is 0 Å². The third-order valence-electron chi connectivity index (χ3n) is 24.0. The van der Waals surface area contributed by atoms with Crippen LogP contribution in [0.15, 0.2) is 346 Å². The van der Waals surface area contributed by atoms with E-state index in [1.165, 1.54) is 60.7 Å². The Balaban J connectivity index is 0.840. The quantitative estimate of drug-likeness (QED) is 0.121. The molecule has 6 aliphatic heterocycles. The molecule has 114 heavy (non-hydrogen) atoms. The molecule has 16 aromatic carbocycles. The number of aryl methyl sites for hydroxylation is 6. The maximum absolute atomic E-state index is 8.12. The van der Waals surface area contributed by atoms with E-state index in [1.807, 2.05) is 0 Å². The van der Waals surface area contributed by atoms with Crippen molar-refractivity contribution in [3.8, 4) is 23.0 Å². The fourth-order valence-electron chi connectivity index (χ4n) is 19.8. The first kappa shape index (κ1) is 66.9. The van der Waals surface area contributed by atoms with Crippen LogP contribution in [0.5, 0.6) is 23.0 Å². The lowest BCUT2D eigenvalue weighted by Gasteiger charge is -2.45. The lowest BCUT2D eigenvalue weighted by molar-refractivity contribution is 0.487. The minimum absolute atomic E-state index is 0.204. The Hall–Kier alpha value is -14.1. The van der Waals surface area contributed by atoms with Gasteiger partial charge in [0, 0.05) is 104 Å². The number of ether oxygens (including phenoxy) is 2. The number of anilines is 20. The highest BCUT2D eigenvalue weighted by Gasteiger charge is 2.50. The predicted octanol–water partition coefficient (Wildman–Crippen LogP) is 21.1. The van der Waals surface area contributed by atoms with Crippen molar-refractivity contribution in [2.24, 2.45) is 0 Å².